The Morgan fingerprint density at radius 1 is 1.33 bits per heavy atom. The predicted molar refractivity (Wildman–Crippen MR) is 85.0 cm³/mol. The van der Waals surface area contributed by atoms with Crippen molar-refractivity contribution in [3.63, 3.8) is 0 Å². The van der Waals surface area contributed by atoms with E-state index < -0.39 is 0 Å². The molecule has 0 saturated heterocycles. The minimum absolute atomic E-state index is 0.0314. The number of carbonyl (C=O) groups is 1. The molecule has 0 N–H and O–H groups in total. The first-order valence-corrected chi connectivity index (χ1v) is 8.36. The Kier molecular flexibility index (Phi) is 3.96. The number of hydrogen-bond donors (Lipinski definition) is 0. The molecule has 3 atom stereocenters. The van der Waals surface area contributed by atoms with Gasteiger partial charge < -0.3 is 14.0 Å². The third kappa shape index (κ3) is 2.88. The number of aromatic nitrogens is 2. The lowest BCUT2D eigenvalue weighted by molar-refractivity contribution is -0.152. The molecule has 24 heavy (non-hydrogen) atoms. The number of methoxy groups -OCH3 is 1. The van der Waals surface area contributed by atoms with Crippen molar-refractivity contribution >= 4 is 5.97 Å². The monoisotopic (exact) mass is 328 g/mol. The summed E-state index contributed by atoms with van der Waals surface area (Å²) in [7, 11) is 1.61. The smallest absolute Gasteiger partial charge is 0.309 e. The van der Waals surface area contributed by atoms with Crippen LogP contribution in [-0.4, -0.2) is 23.2 Å². The molecular weight excluding hydrogens is 308 g/mol. The molecule has 126 valence electrons. The van der Waals surface area contributed by atoms with E-state index in [1.165, 1.54) is 12.8 Å². The van der Waals surface area contributed by atoms with Crippen LogP contribution in [0.2, 0.25) is 0 Å². The summed E-state index contributed by atoms with van der Waals surface area (Å²) in [6, 6.07) is 7.41. The molecule has 6 heteroatoms. The topological polar surface area (TPSA) is 74.5 Å². The molecular formula is C18H20N2O4. The van der Waals surface area contributed by atoms with Crippen LogP contribution in [0.1, 0.15) is 31.6 Å². The highest BCUT2D eigenvalue weighted by Crippen LogP contribution is 2.48. The second kappa shape index (κ2) is 6.26. The molecule has 1 heterocycles. The van der Waals surface area contributed by atoms with Gasteiger partial charge >= 0.3 is 5.97 Å². The van der Waals surface area contributed by atoms with E-state index in [-0.39, 0.29) is 18.5 Å². The quantitative estimate of drug-likeness (QED) is 0.785. The number of hydrogen-bond acceptors (Lipinski definition) is 6. The molecule has 2 aliphatic rings. The lowest BCUT2D eigenvalue weighted by Crippen LogP contribution is -2.23. The van der Waals surface area contributed by atoms with Gasteiger partial charge in [-0.2, -0.15) is 4.98 Å². The lowest BCUT2D eigenvalue weighted by atomic mass is 9.89. The van der Waals surface area contributed by atoms with Gasteiger partial charge in [0.05, 0.1) is 13.0 Å². The van der Waals surface area contributed by atoms with Crippen LogP contribution in [0, 0.1) is 17.8 Å². The summed E-state index contributed by atoms with van der Waals surface area (Å²) < 4.78 is 15.8. The maximum atomic E-state index is 12.2. The Morgan fingerprint density at radius 3 is 3.00 bits per heavy atom. The Morgan fingerprint density at radius 2 is 2.25 bits per heavy atom. The summed E-state index contributed by atoms with van der Waals surface area (Å²) >= 11 is 0. The zero-order chi connectivity index (χ0) is 16.5. The Balaban J connectivity index is 1.37. The van der Waals surface area contributed by atoms with E-state index >= 15 is 0 Å². The van der Waals surface area contributed by atoms with Gasteiger partial charge in [0.25, 0.3) is 5.89 Å². The van der Waals surface area contributed by atoms with Crippen molar-refractivity contribution in [2.45, 2.75) is 32.3 Å². The third-order valence-electron chi connectivity index (χ3n) is 5.17. The summed E-state index contributed by atoms with van der Waals surface area (Å²) in [6.45, 7) is 0.0314. The molecule has 2 saturated carbocycles. The minimum atomic E-state index is -0.122. The minimum Gasteiger partial charge on any atom is -0.497 e. The van der Waals surface area contributed by atoms with Crippen LogP contribution in [0.3, 0.4) is 0 Å². The molecule has 2 aromatic rings. The summed E-state index contributed by atoms with van der Waals surface area (Å²) in [5.41, 5.74) is 0.795. The predicted octanol–water partition coefficient (Wildman–Crippen LogP) is 3.22. The van der Waals surface area contributed by atoms with E-state index in [0.717, 1.165) is 30.1 Å². The number of carbonyl (C=O) groups excluding carboxylic acids is 1. The number of nitrogens with zero attached hydrogens (tertiary/aromatic N) is 2. The first-order chi connectivity index (χ1) is 11.7. The van der Waals surface area contributed by atoms with Gasteiger partial charge in [-0.15, -0.1) is 0 Å². The Bertz CT molecular complexity index is 742. The van der Waals surface area contributed by atoms with Crippen molar-refractivity contribution in [1.29, 1.82) is 0 Å². The van der Waals surface area contributed by atoms with Crippen molar-refractivity contribution in [1.82, 2.24) is 10.1 Å². The van der Waals surface area contributed by atoms with E-state index in [2.05, 4.69) is 10.1 Å². The molecule has 1 aromatic heterocycles. The molecule has 0 aliphatic heterocycles. The van der Waals surface area contributed by atoms with Crippen LogP contribution < -0.4 is 4.74 Å². The van der Waals surface area contributed by atoms with Gasteiger partial charge in [0, 0.05) is 5.56 Å². The number of fused-ring (bicyclic) bond motifs is 2. The Labute approximate surface area is 140 Å². The molecule has 4 rings (SSSR count). The van der Waals surface area contributed by atoms with Gasteiger partial charge in [0.2, 0.25) is 5.82 Å². The molecule has 0 radical (unpaired) electrons. The fourth-order valence-corrected chi connectivity index (χ4v) is 3.97. The van der Waals surface area contributed by atoms with Crippen LogP contribution in [0.4, 0.5) is 0 Å². The summed E-state index contributed by atoms with van der Waals surface area (Å²) in [6.07, 6.45) is 4.58. The van der Waals surface area contributed by atoms with Crippen LogP contribution in [0.15, 0.2) is 28.8 Å². The molecule has 0 spiro atoms. The molecule has 1 aromatic carbocycles. The summed E-state index contributed by atoms with van der Waals surface area (Å²) in [4.78, 5) is 16.5. The van der Waals surface area contributed by atoms with Crippen molar-refractivity contribution in [3.05, 3.63) is 30.2 Å². The average Bonchev–Trinajstić information content (AvgIpc) is 3.36. The Hall–Kier alpha value is -2.37. The van der Waals surface area contributed by atoms with Crippen molar-refractivity contribution in [2.24, 2.45) is 17.8 Å². The molecule has 2 aliphatic carbocycles. The number of ether oxygens (including phenoxy) is 2. The van der Waals surface area contributed by atoms with Crippen LogP contribution in [0.25, 0.3) is 11.4 Å². The number of benzene rings is 1. The molecule has 2 fully saturated rings. The summed E-state index contributed by atoms with van der Waals surface area (Å²) in [5, 5.41) is 3.94. The van der Waals surface area contributed by atoms with Gasteiger partial charge in [0.15, 0.2) is 6.61 Å². The highest BCUT2D eigenvalue weighted by Gasteiger charge is 2.43. The summed E-state index contributed by atoms with van der Waals surface area (Å²) in [5.74, 6) is 2.66. The van der Waals surface area contributed by atoms with Crippen molar-refractivity contribution in [2.75, 3.05) is 7.11 Å². The van der Waals surface area contributed by atoms with E-state index in [1.54, 1.807) is 7.11 Å². The van der Waals surface area contributed by atoms with Gasteiger partial charge in [0.1, 0.15) is 5.75 Å². The lowest BCUT2D eigenvalue weighted by Gasteiger charge is -2.19. The average molecular weight is 328 g/mol. The van der Waals surface area contributed by atoms with Gasteiger partial charge in [-0.1, -0.05) is 23.7 Å². The van der Waals surface area contributed by atoms with E-state index in [4.69, 9.17) is 14.0 Å². The highest BCUT2D eigenvalue weighted by molar-refractivity contribution is 5.73. The maximum absolute atomic E-state index is 12.2. The second-order valence-electron chi connectivity index (χ2n) is 6.63. The van der Waals surface area contributed by atoms with E-state index in [1.807, 2.05) is 24.3 Å². The third-order valence-corrected chi connectivity index (χ3v) is 5.17. The zero-order valence-corrected chi connectivity index (χ0v) is 13.6. The number of esters is 1. The molecule has 0 amide bonds. The van der Waals surface area contributed by atoms with Gasteiger partial charge in [-0.25, -0.2) is 0 Å². The maximum Gasteiger partial charge on any atom is 0.309 e. The zero-order valence-electron chi connectivity index (χ0n) is 13.6. The largest absolute Gasteiger partial charge is 0.497 e. The fraction of sp³-hybridized carbons (Fsp3) is 0.500. The molecule has 6 nitrogen and oxygen atoms in total. The van der Waals surface area contributed by atoms with Crippen LogP contribution >= 0.6 is 0 Å². The first kappa shape index (κ1) is 15.2. The first-order valence-electron chi connectivity index (χ1n) is 8.36. The fourth-order valence-electron chi connectivity index (χ4n) is 3.97. The van der Waals surface area contributed by atoms with Crippen molar-refractivity contribution in [3.8, 4) is 17.1 Å². The second-order valence-corrected chi connectivity index (χ2v) is 6.63. The SMILES string of the molecule is COc1cccc(-c2noc(COC(=O)C3CC4CCC3C4)n2)c1. The van der Waals surface area contributed by atoms with Gasteiger partial charge in [-0.3, -0.25) is 4.79 Å². The van der Waals surface area contributed by atoms with E-state index in [0.29, 0.717) is 17.6 Å². The number of rotatable bonds is 5. The molecule has 2 bridgehead atoms. The normalized spacial score (nSPS) is 25.0. The highest BCUT2D eigenvalue weighted by atomic mass is 16.6. The van der Waals surface area contributed by atoms with E-state index in [9.17, 15) is 4.79 Å². The molecule has 3 unspecified atom stereocenters. The van der Waals surface area contributed by atoms with Crippen LogP contribution in [0.5, 0.6) is 5.75 Å². The van der Waals surface area contributed by atoms with Crippen molar-refractivity contribution < 1.29 is 18.8 Å². The standard InChI is InChI=1S/C18H20N2O4/c1-22-14-4-2-3-13(9-14)17-19-16(24-20-17)10-23-18(21)15-8-11-5-6-12(15)7-11/h2-4,9,11-12,15H,5-8,10H2,1H3. The van der Waals surface area contributed by atoms with Gasteiger partial charge in [-0.05, 0) is 43.2 Å². The van der Waals surface area contributed by atoms with Crippen LogP contribution in [-0.2, 0) is 16.1 Å².